The number of nitrogens with one attached hydrogen (secondary N) is 2. The van der Waals surface area contributed by atoms with Gasteiger partial charge < -0.3 is 20.1 Å². The largest absolute Gasteiger partial charge is 0.507 e. The predicted octanol–water partition coefficient (Wildman–Crippen LogP) is 2.20. The van der Waals surface area contributed by atoms with Crippen LogP contribution in [0.2, 0.25) is 0 Å². The summed E-state index contributed by atoms with van der Waals surface area (Å²) >= 11 is 0. The number of rotatable bonds is 2. The molecule has 1 fully saturated rings. The second-order valence-electron chi connectivity index (χ2n) is 7.33. The number of ether oxygens (including phenoxy) is 1. The summed E-state index contributed by atoms with van der Waals surface area (Å²) in [6.45, 7) is 7.45. The molecule has 1 aromatic carbocycles. The third kappa shape index (κ3) is 3.12. The maximum atomic E-state index is 12.4. The molecule has 1 aromatic heterocycles. The molecule has 2 aliphatic rings. The third-order valence-corrected chi connectivity index (χ3v) is 5.06. The number of aromatic hydroxyl groups is 1. The molecule has 0 saturated carbocycles. The van der Waals surface area contributed by atoms with Crippen molar-refractivity contribution in [2.75, 3.05) is 25.0 Å². The Morgan fingerprint density at radius 1 is 1.28 bits per heavy atom. The maximum absolute atomic E-state index is 12.4. The first kappa shape index (κ1) is 16.4. The number of anilines is 1. The van der Waals surface area contributed by atoms with E-state index >= 15 is 0 Å². The van der Waals surface area contributed by atoms with Crippen LogP contribution in [0.15, 0.2) is 16.9 Å². The number of fused-ring (bicyclic) bond motifs is 3. The van der Waals surface area contributed by atoms with Crippen LogP contribution in [0.5, 0.6) is 5.75 Å². The Hall–Kier alpha value is -2.05. The molecule has 2 aliphatic heterocycles. The van der Waals surface area contributed by atoms with E-state index in [9.17, 15) is 9.90 Å². The lowest BCUT2D eigenvalue weighted by molar-refractivity contribution is -0.0704. The molecule has 2 atom stereocenters. The highest BCUT2D eigenvalue weighted by Crippen LogP contribution is 2.35. The van der Waals surface area contributed by atoms with Gasteiger partial charge in [-0.2, -0.15) is 0 Å². The normalized spacial score (nSPS) is 24.1. The zero-order valence-electron chi connectivity index (χ0n) is 14.8. The number of phenols is 1. The van der Waals surface area contributed by atoms with E-state index in [1.54, 1.807) is 0 Å². The number of phenolic OH excluding ortho intramolecular Hbond substituents is 1. The molecule has 0 amide bonds. The summed E-state index contributed by atoms with van der Waals surface area (Å²) in [5, 5.41) is 14.6. The lowest BCUT2D eigenvalue weighted by atomic mass is 9.99. The van der Waals surface area contributed by atoms with Gasteiger partial charge in [-0.05, 0) is 44.4 Å². The molecule has 134 valence electrons. The van der Waals surface area contributed by atoms with Crippen molar-refractivity contribution < 1.29 is 9.84 Å². The van der Waals surface area contributed by atoms with Gasteiger partial charge in [-0.15, -0.1) is 0 Å². The van der Waals surface area contributed by atoms with E-state index in [1.807, 2.05) is 12.1 Å². The van der Waals surface area contributed by atoms with Crippen LogP contribution in [0.3, 0.4) is 0 Å². The maximum Gasteiger partial charge on any atom is 0.253 e. The second-order valence-corrected chi connectivity index (χ2v) is 7.33. The fourth-order valence-electron chi connectivity index (χ4n) is 4.18. The number of pyridine rings is 1. The van der Waals surface area contributed by atoms with Crippen LogP contribution >= 0.6 is 0 Å². The van der Waals surface area contributed by atoms with Crippen LogP contribution in [-0.4, -0.2) is 46.8 Å². The number of hydrogen-bond acceptors (Lipinski definition) is 5. The van der Waals surface area contributed by atoms with Gasteiger partial charge >= 0.3 is 0 Å². The van der Waals surface area contributed by atoms with Crippen LogP contribution in [0.4, 0.5) is 5.69 Å². The number of aromatic nitrogens is 1. The summed E-state index contributed by atoms with van der Waals surface area (Å²) in [4.78, 5) is 17.7. The van der Waals surface area contributed by atoms with Gasteiger partial charge in [0.05, 0.1) is 28.8 Å². The highest BCUT2D eigenvalue weighted by molar-refractivity contribution is 5.98. The van der Waals surface area contributed by atoms with Crippen molar-refractivity contribution in [1.82, 2.24) is 9.88 Å². The number of benzene rings is 1. The molecule has 1 saturated heterocycles. The molecule has 4 rings (SSSR count). The molecule has 6 nitrogen and oxygen atoms in total. The van der Waals surface area contributed by atoms with Crippen molar-refractivity contribution in [3.8, 4) is 5.75 Å². The molecule has 2 aromatic rings. The topological polar surface area (TPSA) is 77.6 Å². The van der Waals surface area contributed by atoms with Gasteiger partial charge in [-0.25, -0.2) is 0 Å². The molecule has 2 unspecified atom stereocenters. The summed E-state index contributed by atoms with van der Waals surface area (Å²) in [5.74, 6) is 0.226. The lowest BCUT2D eigenvalue weighted by Gasteiger charge is -2.35. The fourth-order valence-corrected chi connectivity index (χ4v) is 4.18. The first-order chi connectivity index (χ1) is 12.0. The van der Waals surface area contributed by atoms with Gasteiger partial charge in [0, 0.05) is 31.7 Å². The van der Waals surface area contributed by atoms with Crippen molar-refractivity contribution in [1.29, 1.82) is 0 Å². The average molecular weight is 343 g/mol. The number of hydrogen-bond donors (Lipinski definition) is 3. The minimum absolute atomic E-state index is 0.0557. The second kappa shape index (κ2) is 6.35. The van der Waals surface area contributed by atoms with Crippen molar-refractivity contribution in [3.05, 3.63) is 33.6 Å². The third-order valence-electron chi connectivity index (χ3n) is 5.06. The standard InChI is InChI=1S/C19H25N3O3/c1-11-8-22(9-12(2)25-11)10-13-6-15-17(16(23)7-13)18-14(19(24)21-15)4-3-5-20-18/h6-7,11-12,20,23H,3-5,8-10H2,1-2H3,(H,21,24). The number of nitrogens with zero attached hydrogens (tertiary/aromatic N) is 1. The Morgan fingerprint density at radius 3 is 2.80 bits per heavy atom. The molecule has 25 heavy (non-hydrogen) atoms. The van der Waals surface area contributed by atoms with Gasteiger partial charge in [0.15, 0.2) is 0 Å². The van der Waals surface area contributed by atoms with Crippen molar-refractivity contribution in [3.63, 3.8) is 0 Å². The van der Waals surface area contributed by atoms with Gasteiger partial charge in [-0.3, -0.25) is 9.69 Å². The molecule has 3 heterocycles. The summed E-state index contributed by atoms with van der Waals surface area (Å²) in [6.07, 6.45) is 2.09. The van der Waals surface area contributed by atoms with Crippen LogP contribution < -0.4 is 10.9 Å². The first-order valence-corrected chi connectivity index (χ1v) is 9.03. The van der Waals surface area contributed by atoms with Crippen LogP contribution in [0, 0.1) is 0 Å². The summed E-state index contributed by atoms with van der Waals surface area (Å²) in [6, 6.07) is 3.81. The Balaban J connectivity index is 1.71. The van der Waals surface area contributed by atoms with E-state index in [2.05, 4.69) is 29.0 Å². The Bertz CT molecular complexity index is 851. The Morgan fingerprint density at radius 2 is 2.04 bits per heavy atom. The Kier molecular flexibility index (Phi) is 4.17. The van der Waals surface area contributed by atoms with E-state index in [0.717, 1.165) is 61.2 Å². The minimum atomic E-state index is -0.0557. The Labute approximate surface area is 146 Å². The molecular weight excluding hydrogens is 318 g/mol. The molecular formula is C19H25N3O3. The van der Waals surface area contributed by atoms with E-state index in [1.165, 1.54) is 0 Å². The van der Waals surface area contributed by atoms with Gasteiger partial charge in [-0.1, -0.05) is 0 Å². The summed E-state index contributed by atoms with van der Waals surface area (Å²) in [7, 11) is 0. The SMILES string of the molecule is CC1CN(Cc2cc(O)c3c4c(c(=O)[nH]c3c2)CCCN4)CC(C)O1. The van der Waals surface area contributed by atoms with Crippen LogP contribution in [-0.2, 0) is 17.7 Å². The molecule has 0 radical (unpaired) electrons. The van der Waals surface area contributed by atoms with Crippen LogP contribution in [0.25, 0.3) is 10.9 Å². The number of H-pyrrole nitrogens is 1. The van der Waals surface area contributed by atoms with Gasteiger partial charge in [0.1, 0.15) is 5.75 Å². The molecule has 0 spiro atoms. The monoisotopic (exact) mass is 343 g/mol. The zero-order valence-corrected chi connectivity index (χ0v) is 14.8. The minimum Gasteiger partial charge on any atom is -0.507 e. The van der Waals surface area contributed by atoms with E-state index in [-0.39, 0.29) is 23.5 Å². The van der Waals surface area contributed by atoms with Crippen molar-refractivity contribution in [2.24, 2.45) is 0 Å². The predicted molar refractivity (Wildman–Crippen MR) is 98.3 cm³/mol. The zero-order chi connectivity index (χ0) is 17.6. The van der Waals surface area contributed by atoms with Crippen LogP contribution in [0.1, 0.15) is 31.4 Å². The highest BCUT2D eigenvalue weighted by atomic mass is 16.5. The van der Waals surface area contributed by atoms with Crippen molar-refractivity contribution in [2.45, 2.75) is 45.4 Å². The fraction of sp³-hybridized carbons (Fsp3) is 0.526. The average Bonchev–Trinajstić information content (AvgIpc) is 2.53. The van der Waals surface area contributed by atoms with E-state index in [0.29, 0.717) is 5.52 Å². The smallest absolute Gasteiger partial charge is 0.253 e. The molecule has 3 N–H and O–H groups in total. The highest BCUT2D eigenvalue weighted by Gasteiger charge is 2.23. The van der Waals surface area contributed by atoms with Gasteiger partial charge in [0.25, 0.3) is 5.56 Å². The van der Waals surface area contributed by atoms with Crippen molar-refractivity contribution >= 4 is 16.6 Å². The number of morpholine rings is 1. The van der Waals surface area contributed by atoms with Gasteiger partial charge in [0.2, 0.25) is 0 Å². The molecule has 6 heteroatoms. The lowest BCUT2D eigenvalue weighted by Crippen LogP contribution is -2.44. The number of aromatic amines is 1. The molecule has 0 aliphatic carbocycles. The summed E-state index contributed by atoms with van der Waals surface area (Å²) < 4.78 is 5.78. The quantitative estimate of drug-likeness (QED) is 0.779. The first-order valence-electron chi connectivity index (χ1n) is 9.03. The van der Waals surface area contributed by atoms with E-state index in [4.69, 9.17) is 4.74 Å². The summed E-state index contributed by atoms with van der Waals surface area (Å²) in [5.41, 5.74) is 3.18. The van der Waals surface area contributed by atoms with E-state index < -0.39 is 0 Å². The molecule has 0 bridgehead atoms.